The van der Waals surface area contributed by atoms with Gasteiger partial charge in [0.2, 0.25) is 0 Å². The number of hydrogen-bond donors (Lipinski definition) is 1. The summed E-state index contributed by atoms with van der Waals surface area (Å²) in [6.07, 6.45) is 3.79. The first-order valence-electron chi connectivity index (χ1n) is 6.93. The van der Waals surface area contributed by atoms with Gasteiger partial charge >= 0.3 is 6.18 Å². The molecular weight excluding hydrogens is 289 g/mol. The van der Waals surface area contributed by atoms with Crippen molar-refractivity contribution in [3.8, 4) is 0 Å². The fourth-order valence-electron chi connectivity index (χ4n) is 2.59. The maximum Gasteiger partial charge on any atom is 0.417 e. The molecule has 1 N–H and O–H groups in total. The third-order valence-corrected chi connectivity index (χ3v) is 4.03. The SMILES string of the molecule is FC(F)(F)c1cnc(NCCC2CCCCC2)c(Cl)c1. The molecule has 112 valence electrons. The summed E-state index contributed by atoms with van der Waals surface area (Å²) < 4.78 is 37.4. The molecule has 1 aliphatic carbocycles. The van der Waals surface area contributed by atoms with E-state index in [4.69, 9.17) is 11.6 Å². The molecule has 2 nitrogen and oxygen atoms in total. The fourth-order valence-corrected chi connectivity index (χ4v) is 2.83. The van der Waals surface area contributed by atoms with Crippen LogP contribution in [-0.4, -0.2) is 11.5 Å². The van der Waals surface area contributed by atoms with Crippen LogP contribution in [0.4, 0.5) is 19.0 Å². The highest BCUT2D eigenvalue weighted by Gasteiger charge is 2.31. The molecule has 1 fully saturated rings. The van der Waals surface area contributed by atoms with E-state index in [1.807, 2.05) is 0 Å². The number of nitrogens with zero attached hydrogens (tertiary/aromatic N) is 1. The molecule has 0 radical (unpaired) electrons. The maximum atomic E-state index is 12.5. The van der Waals surface area contributed by atoms with Gasteiger partial charge in [-0.25, -0.2) is 4.98 Å². The Labute approximate surface area is 121 Å². The lowest BCUT2D eigenvalue weighted by atomic mass is 9.87. The second-order valence-corrected chi connectivity index (χ2v) is 5.68. The molecule has 0 aliphatic heterocycles. The highest BCUT2D eigenvalue weighted by molar-refractivity contribution is 6.32. The van der Waals surface area contributed by atoms with E-state index in [2.05, 4.69) is 10.3 Å². The topological polar surface area (TPSA) is 24.9 Å². The second-order valence-electron chi connectivity index (χ2n) is 5.27. The van der Waals surface area contributed by atoms with Gasteiger partial charge in [0, 0.05) is 12.7 Å². The van der Waals surface area contributed by atoms with Gasteiger partial charge in [0.05, 0.1) is 10.6 Å². The normalized spacial score (nSPS) is 17.2. The maximum absolute atomic E-state index is 12.5. The summed E-state index contributed by atoms with van der Waals surface area (Å²) >= 11 is 5.83. The molecule has 1 aliphatic rings. The van der Waals surface area contributed by atoms with Crippen molar-refractivity contribution in [1.82, 2.24) is 4.98 Å². The van der Waals surface area contributed by atoms with Crippen LogP contribution in [-0.2, 0) is 6.18 Å². The second kappa shape index (κ2) is 6.66. The van der Waals surface area contributed by atoms with Crippen LogP contribution in [0.3, 0.4) is 0 Å². The van der Waals surface area contributed by atoms with Crippen molar-refractivity contribution in [2.24, 2.45) is 5.92 Å². The van der Waals surface area contributed by atoms with Crippen molar-refractivity contribution in [1.29, 1.82) is 0 Å². The molecule has 0 bridgehead atoms. The summed E-state index contributed by atoms with van der Waals surface area (Å²) in [7, 11) is 0. The van der Waals surface area contributed by atoms with Crippen molar-refractivity contribution in [3.05, 3.63) is 22.8 Å². The number of anilines is 1. The Morgan fingerprint density at radius 3 is 2.55 bits per heavy atom. The molecule has 1 saturated carbocycles. The van der Waals surface area contributed by atoms with Gasteiger partial charge in [0.25, 0.3) is 0 Å². The Morgan fingerprint density at radius 1 is 1.25 bits per heavy atom. The molecular formula is C14H18ClF3N2. The van der Waals surface area contributed by atoms with E-state index in [9.17, 15) is 13.2 Å². The highest BCUT2D eigenvalue weighted by Crippen LogP contribution is 2.32. The van der Waals surface area contributed by atoms with Gasteiger partial charge < -0.3 is 5.32 Å². The first-order chi connectivity index (χ1) is 9.47. The Kier molecular flexibility index (Phi) is 5.13. The van der Waals surface area contributed by atoms with Crippen molar-refractivity contribution in [2.75, 3.05) is 11.9 Å². The van der Waals surface area contributed by atoms with Crippen LogP contribution >= 0.6 is 11.6 Å². The van der Waals surface area contributed by atoms with Crippen molar-refractivity contribution in [3.63, 3.8) is 0 Å². The monoisotopic (exact) mass is 306 g/mol. The van der Waals surface area contributed by atoms with Crippen molar-refractivity contribution < 1.29 is 13.2 Å². The molecule has 6 heteroatoms. The largest absolute Gasteiger partial charge is 0.417 e. The first kappa shape index (κ1) is 15.4. The standard InChI is InChI=1S/C14H18ClF3N2/c15-12-8-11(14(16,17)18)9-20-13(12)19-7-6-10-4-2-1-3-5-10/h8-10H,1-7H2,(H,19,20). The number of nitrogens with one attached hydrogen (secondary N) is 1. The molecule has 2 rings (SSSR count). The lowest BCUT2D eigenvalue weighted by molar-refractivity contribution is -0.137. The van der Waals surface area contributed by atoms with E-state index in [1.54, 1.807) is 0 Å². The Morgan fingerprint density at radius 2 is 1.95 bits per heavy atom. The van der Waals surface area contributed by atoms with Crippen LogP contribution in [0.5, 0.6) is 0 Å². The summed E-state index contributed by atoms with van der Waals surface area (Å²) in [5, 5.41) is 3.05. The Bertz CT molecular complexity index is 443. The van der Waals surface area contributed by atoms with Gasteiger partial charge in [-0.3, -0.25) is 0 Å². The Balaban J connectivity index is 1.86. The number of alkyl halides is 3. The third-order valence-electron chi connectivity index (χ3n) is 3.74. The molecule has 1 heterocycles. The third kappa shape index (κ3) is 4.27. The number of hydrogen-bond acceptors (Lipinski definition) is 2. The van der Waals surface area contributed by atoms with Crippen LogP contribution in [0, 0.1) is 5.92 Å². The predicted octanol–water partition coefficient (Wildman–Crippen LogP) is 5.14. The minimum Gasteiger partial charge on any atom is -0.369 e. The molecule has 0 unspecified atom stereocenters. The van der Waals surface area contributed by atoms with Crippen LogP contribution in [0.25, 0.3) is 0 Å². The minimum absolute atomic E-state index is 0.0171. The van der Waals surface area contributed by atoms with Crippen LogP contribution in [0.15, 0.2) is 12.3 Å². The quantitative estimate of drug-likeness (QED) is 0.833. The predicted molar refractivity (Wildman–Crippen MR) is 73.9 cm³/mol. The Hall–Kier alpha value is -0.970. The zero-order chi connectivity index (χ0) is 14.6. The minimum atomic E-state index is -4.41. The molecule has 1 aromatic rings. The number of pyridine rings is 1. The summed E-state index contributed by atoms with van der Waals surface area (Å²) in [5.74, 6) is 1.04. The number of rotatable bonds is 4. The summed E-state index contributed by atoms with van der Waals surface area (Å²) in [5.41, 5.74) is -0.819. The van der Waals surface area contributed by atoms with Gasteiger partial charge in [-0.2, -0.15) is 13.2 Å². The molecule has 0 saturated heterocycles. The van der Waals surface area contributed by atoms with Crippen molar-refractivity contribution in [2.45, 2.75) is 44.7 Å². The first-order valence-corrected chi connectivity index (χ1v) is 7.31. The average Bonchev–Trinajstić information content (AvgIpc) is 2.40. The van der Waals surface area contributed by atoms with Crippen LogP contribution in [0.2, 0.25) is 5.02 Å². The smallest absolute Gasteiger partial charge is 0.369 e. The fraction of sp³-hybridized carbons (Fsp3) is 0.643. The van der Waals surface area contributed by atoms with Crippen LogP contribution < -0.4 is 5.32 Å². The van der Waals surface area contributed by atoms with Gasteiger partial charge in [0.1, 0.15) is 5.82 Å². The van der Waals surface area contributed by atoms with Crippen LogP contribution in [0.1, 0.15) is 44.1 Å². The van der Waals surface area contributed by atoms with E-state index in [-0.39, 0.29) is 5.02 Å². The summed E-state index contributed by atoms with van der Waals surface area (Å²) in [4.78, 5) is 3.76. The van der Waals surface area contributed by atoms with E-state index < -0.39 is 11.7 Å². The van der Waals surface area contributed by atoms with Crippen molar-refractivity contribution >= 4 is 17.4 Å². The molecule has 0 aromatic carbocycles. The summed E-state index contributed by atoms with van der Waals surface area (Å²) in [6, 6.07) is 0.914. The molecule has 1 aromatic heterocycles. The zero-order valence-corrected chi connectivity index (χ0v) is 11.9. The van der Waals surface area contributed by atoms with E-state index in [0.717, 1.165) is 18.7 Å². The van der Waals surface area contributed by atoms with Gasteiger partial charge in [0.15, 0.2) is 0 Å². The molecule has 0 amide bonds. The average molecular weight is 307 g/mol. The lowest BCUT2D eigenvalue weighted by Gasteiger charge is -2.21. The van der Waals surface area contributed by atoms with Gasteiger partial charge in [-0.05, 0) is 18.4 Å². The molecule has 20 heavy (non-hydrogen) atoms. The summed E-state index contributed by atoms with van der Waals surface area (Å²) in [6.45, 7) is 0.697. The molecule has 0 atom stereocenters. The van der Waals surface area contributed by atoms with Gasteiger partial charge in [-0.15, -0.1) is 0 Å². The molecule has 0 spiro atoms. The highest BCUT2D eigenvalue weighted by atomic mass is 35.5. The van der Waals surface area contributed by atoms with Gasteiger partial charge in [-0.1, -0.05) is 43.7 Å². The van der Waals surface area contributed by atoms with E-state index in [0.29, 0.717) is 18.3 Å². The number of aromatic nitrogens is 1. The zero-order valence-electron chi connectivity index (χ0n) is 11.1. The lowest BCUT2D eigenvalue weighted by Crippen LogP contribution is -2.13. The van der Waals surface area contributed by atoms with E-state index >= 15 is 0 Å². The van der Waals surface area contributed by atoms with E-state index in [1.165, 1.54) is 32.1 Å². The number of halogens is 4.